The largest absolute Gasteiger partial charge is 0.457 e. The highest BCUT2D eigenvalue weighted by Crippen LogP contribution is 2.22. The second-order valence-corrected chi connectivity index (χ2v) is 8.39. The molecule has 0 radical (unpaired) electrons. The number of benzene rings is 1. The number of rotatable bonds is 9. The molecule has 0 bridgehead atoms. The summed E-state index contributed by atoms with van der Waals surface area (Å²) in [5.41, 5.74) is 4.36. The highest BCUT2D eigenvalue weighted by molar-refractivity contribution is 8.00. The van der Waals surface area contributed by atoms with E-state index in [1.165, 1.54) is 0 Å². The molecule has 0 unspecified atom stereocenters. The maximum absolute atomic E-state index is 12.6. The molecule has 0 spiro atoms. The molecule has 0 aliphatic carbocycles. The number of carbonyl (C=O) groups excluding carboxylic acids is 3. The van der Waals surface area contributed by atoms with Gasteiger partial charge in [0.15, 0.2) is 12.4 Å². The van der Waals surface area contributed by atoms with Crippen LogP contribution in [0.15, 0.2) is 40.9 Å². The van der Waals surface area contributed by atoms with E-state index in [1.54, 1.807) is 19.1 Å². The van der Waals surface area contributed by atoms with E-state index in [1.807, 2.05) is 49.6 Å². The molecule has 0 aliphatic rings. The Morgan fingerprint density at radius 3 is 2.44 bits per heavy atom. The van der Waals surface area contributed by atoms with Crippen molar-refractivity contribution in [3.05, 3.63) is 64.7 Å². The molecule has 168 valence electrons. The molecule has 3 rings (SSSR count). The Kier molecular flexibility index (Phi) is 7.53. The van der Waals surface area contributed by atoms with Crippen molar-refractivity contribution in [1.29, 1.82) is 0 Å². The first-order valence-corrected chi connectivity index (χ1v) is 11.2. The van der Waals surface area contributed by atoms with Gasteiger partial charge in [-0.05, 0) is 45.9 Å². The topological polar surface area (TPSA) is 103 Å². The summed E-state index contributed by atoms with van der Waals surface area (Å²) in [6.07, 6.45) is 0. The maximum atomic E-state index is 12.6. The van der Waals surface area contributed by atoms with E-state index < -0.39 is 5.97 Å². The van der Waals surface area contributed by atoms with Crippen LogP contribution in [0.3, 0.4) is 0 Å². The molecule has 0 saturated carbocycles. The number of aromatic nitrogens is 2. The number of thioether (sulfide) groups is 1. The number of hydrogen-bond acceptors (Lipinski definition) is 7. The van der Waals surface area contributed by atoms with Crippen LogP contribution in [0.1, 0.15) is 33.1 Å². The van der Waals surface area contributed by atoms with Gasteiger partial charge in [-0.3, -0.25) is 14.4 Å². The molecule has 1 amide bonds. The summed E-state index contributed by atoms with van der Waals surface area (Å²) in [6, 6.07) is 11.4. The van der Waals surface area contributed by atoms with Crippen LogP contribution in [0, 0.1) is 27.7 Å². The lowest BCUT2D eigenvalue weighted by molar-refractivity contribution is -0.139. The van der Waals surface area contributed by atoms with Gasteiger partial charge in [-0.1, -0.05) is 22.9 Å². The number of nitrogens with one attached hydrogen (secondary N) is 1. The van der Waals surface area contributed by atoms with Crippen LogP contribution in [0.4, 0.5) is 5.82 Å². The monoisotopic (exact) mass is 455 g/mol. The van der Waals surface area contributed by atoms with Crippen LogP contribution in [0.5, 0.6) is 0 Å². The third-order valence-corrected chi connectivity index (χ3v) is 5.64. The van der Waals surface area contributed by atoms with Crippen molar-refractivity contribution >= 4 is 35.2 Å². The maximum Gasteiger partial charge on any atom is 0.316 e. The second kappa shape index (κ2) is 10.3. The Morgan fingerprint density at radius 2 is 1.78 bits per heavy atom. The zero-order valence-corrected chi connectivity index (χ0v) is 19.2. The standard InChI is InChI=1S/C23H25N3O5S/c1-14-5-7-18(8-6-14)26-15(2)9-19(17(26)4)20(27)11-30-23(29)13-32-12-22(28)24-21-10-16(3)31-25-21/h5-10H,11-13H2,1-4H3,(H,24,25,28). The number of aryl methyl sites for hydroxylation is 3. The van der Waals surface area contributed by atoms with Gasteiger partial charge in [0.25, 0.3) is 0 Å². The van der Waals surface area contributed by atoms with Crippen molar-refractivity contribution in [2.24, 2.45) is 0 Å². The Balaban J connectivity index is 1.48. The van der Waals surface area contributed by atoms with Crippen molar-refractivity contribution < 1.29 is 23.6 Å². The molecule has 1 aromatic carbocycles. The lowest BCUT2D eigenvalue weighted by atomic mass is 10.1. The minimum atomic E-state index is -0.555. The lowest BCUT2D eigenvalue weighted by Gasteiger charge is -2.10. The van der Waals surface area contributed by atoms with Gasteiger partial charge in [-0.2, -0.15) is 0 Å². The summed E-state index contributed by atoms with van der Waals surface area (Å²) in [6.45, 7) is 7.19. The fourth-order valence-corrected chi connectivity index (χ4v) is 3.84. The molecule has 2 aromatic heterocycles. The van der Waals surface area contributed by atoms with Crippen LogP contribution in [0.25, 0.3) is 5.69 Å². The zero-order chi connectivity index (χ0) is 23.3. The molecule has 3 aromatic rings. The van der Waals surface area contributed by atoms with Crippen molar-refractivity contribution in [3.8, 4) is 5.69 Å². The number of hydrogen-bond donors (Lipinski definition) is 1. The number of anilines is 1. The van der Waals surface area contributed by atoms with Crippen LogP contribution in [-0.2, 0) is 14.3 Å². The van der Waals surface area contributed by atoms with E-state index in [2.05, 4.69) is 10.5 Å². The van der Waals surface area contributed by atoms with Gasteiger partial charge in [-0.15, -0.1) is 11.8 Å². The van der Waals surface area contributed by atoms with Gasteiger partial charge in [0.1, 0.15) is 5.76 Å². The van der Waals surface area contributed by atoms with Crippen molar-refractivity contribution in [3.63, 3.8) is 0 Å². The van der Waals surface area contributed by atoms with E-state index in [0.29, 0.717) is 17.1 Å². The van der Waals surface area contributed by atoms with E-state index >= 15 is 0 Å². The molecule has 8 nitrogen and oxygen atoms in total. The van der Waals surface area contributed by atoms with E-state index in [9.17, 15) is 14.4 Å². The fraction of sp³-hybridized carbons (Fsp3) is 0.304. The predicted molar refractivity (Wildman–Crippen MR) is 122 cm³/mol. The van der Waals surface area contributed by atoms with Crippen molar-refractivity contribution in [1.82, 2.24) is 9.72 Å². The first-order chi connectivity index (χ1) is 15.2. The summed E-state index contributed by atoms with van der Waals surface area (Å²) in [7, 11) is 0. The Morgan fingerprint density at radius 1 is 1.06 bits per heavy atom. The normalized spacial score (nSPS) is 10.8. The van der Waals surface area contributed by atoms with Gasteiger partial charge >= 0.3 is 5.97 Å². The molecule has 9 heteroatoms. The molecular formula is C23H25N3O5S. The number of ketones is 1. The number of esters is 1. The van der Waals surface area contributed by atoms with Gasteiger partial charge in [0.2, 0.25) is 11.7 Å². The van der Waals surface area contributed by atoms with Gasteiger partial charge in [-0.25, -0.2) is 0 Å². The summed E-state index contributed by atoms with van der Waals surface area (Å²) in [5.74, 6) is -0.219. The summed E-state index contributed by atoms with van der Waals surface area (Å²) in [5, 5.41) is 6.23. The number of nitrogens with zero attached hydrogens (tertiary/aromatic N) is 2. The molecule has 0 atom stereocenters. The summed E-state index contributed by atoms with van der Waals surface area (Å²) < 4.78 is 12.0. The number of carbonyl (C=O) groups is 3. The number of Topliss-reactive ketones (excluding diaryl/α,β-unsaturated/α-hetero) is 1. The smallest absolute Gasteiger partial charge is 0.316 e. The van der Waals surface area contributed by atoms with Gasteiger partial charge < -0.3 is 19.1 Å². The molecule has 32 heavy (non-hydrogen) atoms. The van der Waals surface area contributed by atoms with Crippen molar-refractivity contribution in [2.45, 2.75) is 27.7 Å². The third kappa shape index (κ3) is 5.88. The molecular weight excluding hydrogens is 430 g/mol. The average molecular weight is 456 g/mol. The Hall–Kier alpha value is -3.33. The van der Waals surface area contributed by atoms with Crippen LogP contribution in [-0.4, -0.2) is 45.5 Å². The number of ether oxygens (including phenoxy) is 1. The average Bonchev–Trinajstić information content (AvgIpc) is 3.28. The lowest BCUT2D eigenvalue weighted by Crippen LogP contribution is -2.18. The molecule has 1 N–H and O–H groups in total. The zero-order valence-electron chi connectivity index (χ0n) is 18.4. The third-order valence-electron chi connectivity index (χ3n) is 4.74. The van der Waals surface area contributed by atoms with Crippen molar-refractivity contribution in [2.75, 3.05) is 23.4 Å². The highest BCUT2D eigenvalue weighted by atomic mass is 32.2. The van der Waals surface area contributed by atoms with E-state index in [-0.39, 0.29) is 29.8 Å². The first kappa shape index (κ1) is 23.3. The Bertz CT molecular complexity index is 1130. The van der Waals surface area contributed by atoms with Crippen LogP contribution < -0.4 is 5.32 Å². The van der Waals surface area contributed by atoms with Crippen LogP contribution in [0.2, 0.25) is 0 Å². The molecule has 0 aliphatic heterocycles. The van der Waals surface area contributed by atoms with E-state index in [4.69, 9.17) is 9.26 Å². The van der Waals surface area contributed by atoms with E-state index in [0.717, 1.165) is 34.4 Å². The minimum absolute atomic E-state index is 0.0407. The first-order valence-electron chi connectivity index (χ1n) is 10.0. The highest BCUT2D eigenvalue weighted by Gasteiger charge is 2.18. The molecule has 2 heterocycles. The van der Waals surface area contributed by atoms with Crippen LogP contribution >= 0.6 is 11.8 Å². The minimum Gasteiger partial charge on any atom is -0.457 e. The summed E-state index contributed by atoms with van der Waals surface area (Å²) in [4.78, 5) is 36.4. The summed E-state index contributed by atoms with van der Waals surface area (Å²) >= 11 is 1.09. The quantitative estimate of drug-likeness (QED) is 0.387. The van der Waals surface area contributed by atoms with Gasteiger partial charge in [0, 0.05) is 28.7 Å². The Labute approximate surface area is 190 Å². The number of amides is 1. The molecule has 0 fully saturated rings. The SMILES string of the molecule is Cc1ccc(-n2c(C)cc(C(=O)COC(=O)CSCC(=O)Nc3cc(C)on3)c2C)cc1. The van der Waals surface area contributed by atoms with Gasteiger partial charge in [0.05, 0.1) is 11.5 Å². The molecule has 0 saturated heterocycles. The fourth-order valence-electron chi connectivity index (χ4n) is 3.23. The second-order valence-electron chi connectivity index (χ2n) is 7.40. The predicted octanol–water partition coefficient (Wildman–Crippen LogP) is 3.80.